The van der Waals surface area contributed by atoms with Gasteiger partial charge in [-0.15, -0.1) is 0 Å². The summed E-state index contributed by atoms with van der Waals surface area (Å²) in [5, 5.41) is 2.86. The molecule has 1 aromatic carbocycles. The van der Waals surface area contributed by atoms with Gasteiger partial charge in [-0.1, -0.05) is 13.0 Å². The maximum Gasteiger partial charge on any atom is 0.245 e. The number of anilines is 2. The highest BCUT2D eigenvalue weighted by atomic mass is 16.2. The van der Waals surface area contributed by atoms with Crippen molar-refractivity contribution in [3.8, 4) is 0 Å². The molecule has 1 fully saturated rings. The maximum atomic E-state index is 11.6. The Balaban J connectivity index is 1.83. The van der Waals surface area contributed by atoms with E-state index < -0.39 is 6.04 Å². The van der Waals surface area contributed by atoms with Crippen LogP contribution < -0.4 is 16.0 Å². The number of nitrogens with zero attached hydrogens (tertiary/aromatic N) is 1. The Morgan fingerprint density at radius 2 is 2.16 bits per heavy atom. The fraction of sp³-hybridized carbons (Fsp3) is 0.533. The smallest absolute Gasteiger partial charge is 0.245 e. The number of benzene rings is 1. The van der Waals surface area contributed by atoms with Crippen LogP contribution in [0.4, 0.5) is 11.4 Å². The molecule has 4 heteroatoms. The maximum absolute atomic E-state index is 11.6. The second-order valence-electron chi connectivity index (χ2n) is 5.76. The number of carbonyl (C=O) groups is 1. The van der Waals surface area contributed by atoms with Crippen molar-refractivity contribution in [1.29, 1.82) is 0 Å². The van der Waals surface area contributed by atoms with E-state index in [0.29, 0.717) is 0 Å². The monoisotopic (exact) mass is 259 g/mol. The standard InChI is InChI=1S/C15H21N3O/c1-10-3-2-7-18(8-6-10)11-4-5-12-13(9-11)17-15(19)14(12)16/h4-5,9-10,14H,2-3,6-8,16H2,1H3,(H,17,19). The molecule has 0 aromatic heterocycles. The molecule has 2 aliphatic rings. The molecule has 2 atom stereocenters. The largest absolute Gasteiger partial charge is 0.371 e. The summed E-state index contributed by atoms with van der Waals surface area (Å²) in [6.45, 7) is 4.52. The number of nitrogens with two attached hydrogens (primary N) is 1. The van der Waals surface area contributed by atoms with E-state index in [-0.39, 0.29) is 5.91 Å². The van der Waals surface area contributed by atoms with Gasteiger partial charge in [0.2, 0.25) is 5.91 Å². The lowest BCUT2D eigenvalue weighted by molar-refractivity contribution is -0.116. The molecule has 0 saturated carbocycles. The minimum absolute atomic E-state index is 0.100. The van der Waals surface area contributed by atoms with Gasteiger partial charge in [0.15, 0.2) is 0 Å². The predicted octanol–water partition coefficient (Wildman–Crippen LogP) is 2.26. The molecule has 3 N–H and O–H groups in total. The quantitative estimate of drug-likeness (QED) is 0.813. The molecule has 1 aromatic rings. The number of carbonyl (C=O) groups excluding carboxylic acids is 1. The molecule has 3 rings (SSSR count). The molecule has 0 bridgehead atoms. The van der Waals surface area contributed by atoms with E-state index in [4.69, 9.17) is 5.73 Å². The molecule has 1 saturated heterocycles. The number of fused-ring (bicyclic) bond motifs is 1. The first kappa shape index (κ1) is 12.5. The van der Waals surface area contributed by atoms with Gasteiger partial charge in [-0.25, -0.2) is 0 Å². The summed E-state index contributed by atoms with van der Waals surface area (Å²) >= 11 is 0. The van der Waals surface area contributed by atoms with Crippen molar-refractivity contribution in [2.75, 3.05) is 23.3 Å². The van der Waals surface area contributed by atoms with Crippen molar-refractivity contribution in [3.63, 3.8) is 0 Å². The van der Waals surface area contributed by atoms with Gasteiger partial charge in [0.1, 0.15) is 6.04 Å². The SMILES string of the molecule is CC1CCCN(c2ccc3c(c2)NC(=O)C3N)CC1. The van der Waals surface area contributed by atoms with Crippen LogP contribution in [0.1, 0.15) is 37.8 Å². The first-order valence-electron chi connectivity index (χ1n) is 7.10. The van der Waals surface area contributed by atoms with Crippen molar-refractivity contribution in [1.82, 2.24) is 0 Å². The minimum atomic E-state index is -0.506. The zero-order valence-corrected chi connectivity index (χ0v) is 11.4. The molecule has 2 aliphatic heterocycles. The summed E-state index contributed by atoms with van der Waals surface area (Å²) in [5.74, 6) is 0.712. The van der Waals surface area contributed by atoms with E-state index in [1.165, 1.54) is 24.9 Å². The Labute approximate surface area is 114 Å². The van der Waals surface area contributed by atoms with Gasteiger partial charge in [0.25, 0.3) is 0 Å². The second kappa shape index (κ2) is 4.85. The highest BCUT2D eigenvalue weighted by Crippen LogP contribution is 2.33. The summed E-state index contributed by atoms with van der Waals surface area (Å²) in [7, 11) is 0. The van der Waals surface area contributed by atoms with Crippen molar-refractivity contribution in [2.24, 2.45) is 11.7 Å². The van der Waals surface area contributed by atoms with Crippen molar-refractivity contribution >= 4 is 17.3 Å². The Hall–Kier alpha value is -1.55. The van der Waals surface area contributed by atoms with E-state index in [9.17, 15) is 4.79 Å². The first-order chi connectivity index (χ1) is 9.15. The van der Waals surface area contributed by atoms with Gasteiger partial charge < -0.3 is 16.0 Å². The molecule has 1 amide bonds. The van der Waals surface area contributed by atoms with Crippen LogP contribution in [-0.4, -0.2) is 19.0 Å². The third-order valence-electron chi connectivity index (χ3n) is 4.29. The fourth-order valence-corrected chi connectivity index (χ4v) is 2.99. The number of rotatable bonds is 1. The Kier molecular flexibility index (Phi) is 3.19. The zero-order valence-electron chi connectivity index (χ0n) is 11.4. The molecule has 0 spiro atoms. The predicted molar refractivity (Wildman–Crippen MR) is 77.2 cm³/mol. The van der Waals surface area contributed by atoms with E-state index in [2.05, 4.69) is 29.3 Å². The molecule has 0 radical (unpaired) electrons. The van der Waals surface area contributed by atoms with E-state index in [1.54, 1.807) is 0 Å². The molecular formula is C15H21N3O. The Morgan fingerprint density at radius 1 is 1.32 bits per heavy atom. The molecular weight excluding hydrogens is 238 g/mol. The number of amides is 1. The fourth-order valence-electron chi connectivity index (χ4n) is 2.99. The molecule has 102 valence electrons. The van der Waals surface area contributed by atoms with Crippen LogP contribution in [-0.2, 0) is 4.79 Å². The summed E-state index contributed by atoms with van der Waals surface area (Å²) in [5.41, 5.74) is 8.83. The summed E-state index contributed by atoms with van der Waals surface area (Å²) in [6, 6.07) is 5.64. The van der Waals surface area contributed by atoms with Crippen molar-refractivity contribution < 1.29 is 4.79 Å². The van der Waals surface area contributed by atoms with Crippen LogP contribution >= 0.6 is 0 Å². The highest BCUT2D eigenvalue weighted by molar-refractivity contribution is 6.02. The Bertz CT molecular complexity index is 500. The van der Waals surface area contributed by atoms with Gasteiger partial charge in [-0.05, 0) is 37.3 Å². The lowest BCUT2D eigenvalue weighted by Gasteiger charge is -2.23. The number of hydrogen-bond acceptors (Lipinski definition) is 3. The summed E-state index contributed by atoms with van der Waals surface area (Å²) in [4.78, 5) is 14.0. The summed E-state index contributed by atoms with van der Waals surface area (Å²) in [6.07, 6.45) is 3.79. The molecule has 19 heavy (non-hydrogen) atoms. The lowest BCUT2D eigenvalue weighted by Crippen LogP contribution is -2.24. The van der Waals surface area contributed by atoms with Gasteiger partial charge in [0, 0.05) is 30.0 Å². The highest BCUT2D eigenvalue weighted by Gasteiger charge is 2.27. The van der Waals surface area contributed by atoms with Crippen LogP contribution in [0.5, 0.6) is 0 Å². The zero-order chi connectivity index (χ0) is 13.4. The third kappa shape index (κ3) is 2.32. The van der Waals surface area contributed by atoms with Crippen molar-refractivity contribution in [3.05, 3.63) is 23.8 Å². The van der Waals surface area contributed by atoms with Gasteiger partial charge in [-0.2, -0.15) is 0 Å². The van der Waals surface area contributed by atoms with Crippen LogP contribution in [0.3, 0.4) is 0 Å². The molecule has 4 nitrogen and oxygen atoms in total. The van der Waals surface area contributed by atoms with Gasteiger partial charge >= 0.3 is 0 Å². The molecule has 0 aliphatic carbocycles. The number of hydrogen-bond donors (Lipinski definition) is 2. The van der Waals surface area contributed by atoms with Gasteiger partial charge in [-0.3, -0.25) is 4.79 Å². The lowest BCUT2D eigenvalue weighted by atomic mass is 10.0. The van der Waals surface area contributed by atoms with Gasteiger partial charge in [0.05, 0.1) is 0 Å². The molecule has 2 unspecified atom stereocenters. The number of nitrogens with one attached hydrogen (secondary N) is 1. The van der Waals surface area contributed by atoms with E-state index in [0.717, 1.165) is 30.3 Å². The minimum Gasteiger partial charge on any atom is -0.371 e. The third-order valence-corrected chi connectivity index (χ3v) is 4.29. The normalized spacial score (nSPS) is 26.8. The average molecular weight is 259 g/mol. The van der Waals surface area contributed by atoms with E-state index >= 15 is 0 Å². The second-order valence-corrected chi connectivity index (χ2v) is 5.76. The van der Waals surface area contributed by atoms with Crippen molar-refractivity contribution in [2.45, 2.75) is 32.2 Å². The van der Waals surface area contributed by atoms with Crippen LogP contribution in [0.2, 0.25) is 0 Å². The van der Waals surface area contributed by atoms with Crippen LogP contribution in [0, 0.1) is 5.92 Å². The first-order valence-corrected chi connectivity index (χ1v) is 7.10. The average Bonchev–Trinajstić information content (AvgIpc) is 2.57. The summed E-state index contributed by atoms with van der Waals surface area (Å²) < 4.78 is 0. The molecule has 2 heterocycles. The Morgan fingerprint density at radius 3 is 3.00 bits per heavy atom. The van der Waals surface area contributed by atoms with E-state index in [1.807, 2.05) is 6.07 Å². The topological polar surface area (TPSA) is 58.4 Å². The van der Waals surface area contributed by atoms with Crippen LogP contribution in [0.25, 0.3) is 0 Å². The van der Waals surface area contributed by atoms with Crippen LogP contribution in [0.15, 0.2) is 18.2 Å².